The van der Waals surface area contributed by atoms with Gasteiger partial charge in [-0.25, -0.2) is 0 Å². The van der Waals surface area contributed by atoms with E-state index in [1.807, 2.05) is 43.0 Å². The third-order valence-corrected chi connectivity index (χ3v) is 6.89. The van der Waals surface area contributed by atoms with Gasteiger partial charge in [0, 0.05) is 24.6 Å². The number of thiophene rings is 1. The van der Waals surface area contributed by atoms with Gasteiger partial charge in [-0.2, -0.15) is 0 Å². The SMILES string of the molecule is CCC(C)N(CC(=O)N1CCc2sccc2C1COc1ccccc1OC)C(=O)COC. The second-order valence-electron chi connectivity index (χ2n) is 7.83. The van der Waals surface area contributed by atoms with Gasteiger partial charge in [0.15, 0.2) is 11.5 Å². The Kier molecular flexibility index (Phi) is 8.53. The first-order valence-corrected chi connectivity index (χ1v) is 11.8. The van der Waals surface area contributed by atoms with Crippen LogP contribution in [0.3, 0.4) is 0 Å². The topological polar surface area (TPSA) is 68.3 Å². The zero-order valence-corrected chi connectivity index (χ0v) is 20.0. The molecule has 0 saturated heterocycles. The highest BCUT2D eigenvalue weighted by Crippen LogP contribution is 2.35. The van der Waals surface area contributed by atoms with Crippen molar-refractivity contribution in [3.8, 4) is 11.5 Å². The van der Waals surface area contributed by atoms with Crippen LogP contribution in [0.2, 0.25) is 0 Å². The number of methoxy groups -OCH3 is 2. The van der Waals surface area contributed by atoms with Gasteiger partial charge in [-0.1, -0.05) is 19.1 Å². The summed E-state index contributed by atoms with van der Waals surface area (Å²) in [4.78, 5) is 30.7. The van der Waals surface area contributed by atoms with Crippen molar-refractivity contribution in [1.82, 2.24) is 9.80 Å². The highest BCUT2D eigenvalue weighted by atomic mass is 32.1. The quantitative estimate of drug-likeness (QED) is 0.543. The van der Waals surface area contributed by atoms with E-state index in [9.17, 15) is 9.59 Å². The summed E-state index contributed by atoms with van der Waals surface area (Å²) in [7, 11) is 3.10. The fraction of sp³-hybridized carbons (Fsp3) is 0.500. The van der Waals surface area contributed by atoms with Crippen molar-refractivity contribution in [2.24, 2.45) is 0 Å². The fourth-order valence-corrected chi connectivity index (χ4v) is 4.86. The average Bonchev–Trinajstić information content (AvgIpc) is 3.29. The van der Waals surface area contributed by atoms with E-state index in [2.05, 4.69) is 11.4 Å². The van der Waals surface area contributed by atoms with E-state index in [1.54, 1.807) is 23.3 Å². The summed E-state index contributed by atoms with van der Waals surface area (Å²) in [5.41, 5.74) is 1.11. The first-order valence-electron chi connectivity index (χ1n) is 10.9. The molecule has 2 atom stereocenters. The number of amides is 2. The van der Waals surface area contributed by atoms with Gasteiger partial charge >= 0.3 is 0 Å². The first kappa shape index (κ1) is 24.1. The van der Waals surface area contributed by atoms with Gasteiger partial charge in [-0.05, 0) is 48.9 Å². The molecule has 0 radical (unpaired) electrons. The maximum absolute atomic E-state index is 13.4. The number of carbonyl (C=O) groups excluding carboxylic acids is 2. The molecule has 174 valence electrons. The van der Waals surface area contributed by atoms with E-state index in [1.165, 1.54) is 12.0 Å². The number of carbonyl (C=O) groups is 2. The van der Waals surface area contributed by atoms with Crippen LogP contribution in [0, 0.1) is 0 Å². The molecule has 0 bridgehead atoms. The van der Waals surface area contributed by atoms with Crippen molar-refractivity contribution in [2.45, 2.75) is 38.8 Å². The summed E-state index contributed by atoms with van der Waals surface area (Å²) in [5, 5.41) is 2.06. The van der Waals surface area contributed by atoms with Crippen LogP contribution in [0.15, 0.2) is 35.7 Å². The normalized spacial score (nSPS) is 16.2. The molecule has 8 heteroatoms. The summed E-state index contributed by atoms with van der Waals surface area (Å²) in [6.07, 6.45) is 1.57. The molecule has 2 aromatic rings. The van der Waals surface area contributed by atoms with E-state index >= 15 is 0 Å². The average molecular weight is 461 g/mol. The minimum Gasteiger partial charge on any atom is -0.493 e. The summed E-state index contributed by atoms with van der Waals surface area (Å²) < 4.78 is 16.5. The molecule has 1 aliphatic heterocycles. The van der Waals surface area contributed by atoms with Crippen molar-refractivity contribution < 1.29 is 23.8 Å². The molecule has 32 heavy (non-hydrogen) atoms. The standard InChI is InChI=1S/C24H32N2O5S/c1-5-17(2)26(24(28)16-29-3)14-23(27)25-12-10-22-18(11-13-32-22)19(25)15-31-21-9-7-6-8-20(21)30-4/h6-9,11,13,17,19H,5,10,12,14-16H2,1-4H3. The second-order valence-corrected chi connectivity index (χ2v) is 8.83. The number of para-hydroxylation sites is 2. The molecule has 0 saturated carbocycles. The van der Waals surface area contributed by atoms with Gasteiger partial charge in [0.25, 0.3) is 0 Å². The number of rotatable bonds is 10. The van der Waals surface area contributed by atoms with Crippen molar-refractivity contribution >= 4 is 23.2 Å². The van der Waals surface area contributed by atoms with E-state index in [-0.39, 0.29) is 37.0 Å². The second kappa shape index (κ2) is 11.3. The molecule has 0 spiro atoms. The Balaban J connectivity index is 1.80. The number of benzene rings is 1. The van der Waals surface area contributed by atoms with Crippen LogP contribution < -0.4 is 9.47 Å². The Labute approximate surface area is 193 Å². The molecule has 2 amide bonds. The lowest BCUT2D eigenvalue weighted by atomic mass is 10.00. The number of hydrogen-bond acceptors (Lipinski definition) is 6. The third kappa shape index (κ3) is 5.42. The molecule has 1 aromatic heterocycles. The van der Waals surface area contributed by atoms with Crippen LogP contribution in [0.5, 0.6) is 11.5 Å². The van der Waals surface area contributed by atoms with Gasteiger partial charge in [0.05, 0.1) is 13.2 Å². The molecular formula is C24H32N2O5S. The van der Waals surface area contributed by atoms with Crippen LogP contribution in [-0.2, 0) is 20.7 Å². The lowest BCUT2D eigenvalue weighted by Crippen LogP contribution is -2.50. The van der Waals surface area contributed by atoms with E-state index < -0.39 is 0 Å². The van der Waals surface area contributed by atoms with E-state index in [4.69, 9.17) is 14.2 Å². The van der Waals surface area contributed by atoms with Crippen molar-refractivity contribution in [3.63, 3.8) is 0 Å². The zero-order chi connectivity index (χ0) is 23.1. The third-order valence-electron chi connectivity index (χ3n) is 5.90. The minimum absolute atomic E-state index is 0.0296. The lowest BCUT2D eigenvalue weighted by Gasteiger charge is -2.38. The molecule has 1 aromatic carbocycles. The van der Waals surface area contributed by atoms with Crippen LogP contribution in [-0.4, -0.2) is 68.2 Å². The molecule has 0 fully saturated rings. The van der Waals surface area contributed by atoms with Crippen molar-refractivity contribution in [2.75, 3.05) is 40.5 Å². The Morgan fingerprint density at radius 1 is 1.22 bits per heavy atom. The summed E-state index contributed by atoms with van der Waals surface area (Å²) >= 11 is 1.71. The predicted octanol–water partition coefficient (Wildman–Crippen LogP) is 3.54. The highest BCUT2D eigenvalue weighted by molar-refractivity contribution is 7.10. The molecule has 0 N–H and O–H groups in total. The maximum atomic E-state index is 13.4. The van der Waals surface area contributed by atoms with Crippen LogP contribution >= 0.6 is 11.3 Å². The number of ether oxygens (including phenoxy) is 3. The minimum atomic E-state index is -0.223. The molecule has 2 heterocycles. The largest absolute Gasteiger partial charge is 0.493 e. The smallest absolute Gasteiger partial charge is 0.249 e. The van der Waals surface area contributed by atoms with E-state index in [0.717, 1.165) is 18.4 Å². The van der Waals surface area contributed by atoms with Crippen molar-refractivity contribution in [1.29, 1.82) is 0 Å². The fourth-order valence-electron chi connectivity index (χ4n) is 3.93. The summed E-state index contributed by atoms with van der Waals surface area (Å²) in [6, 6.07) is 9.28. The number of hydrogen-bond donors (Lipinski definition) is 0. The van der Waals surface area contributed by atoms with Crippen molar-refractivity contribution in [3.05, 3.63) is 46.2 Å². The Morgan fingerprint density at radius 3 is 2.66 bits per heavy atom. The van der Waals surface area contributed by atoms with E-state index in [0.29, 0.717) is 24.7 Å². The van der Waals surface area contributed by atoms with Crippen LogP contribution in [0.1, 0.15) is 36.8 Å². The highest BCUT2D eigenvalue weighted by Gasteiger charge is 2.34. The van der Waals surface area contributed by atoms with Gasteiger partial charge in [-0.15, -0.1) is 11.3 Å². The maximum Gasteiger partial charge on any atom is 0.249 e. The Hall–Kier alpha value is -2.58. The molecule has 1 aliphatic rings. The van der Waals surface area contributed by atoms with Gasteiger partial charge in [0.1, 0.15) is 19.8 Å². The zero-order valence-electron chi connectivity index (χ0n) is 19.2. The van der Waals surface area contributed by atoms with Gasteiger partial charge < -0.3 is 24.0 Å². The summed E-state index contributed by atoms with van der Waals surface area (Å²) in [5.74, 6) is 1.03. The summed E-state index contributed by atoms with van der Waals surface area (Å²) in [6.45, 7) is 4.86. The molecule has 0 aliphatic carbocycles. The number of fused-ring (bicyclic) bond motifs is 1. The Bertz CT molecular complexity index is 915. The first-order chi connectivity index (χ1) is 15.5. The molecule has 3 rings (SSSR count). The lowest BCUT2D eigenvalue weighted by molar-refractivity contribution is -0.146. The van der Waals surface area contributed by atoms with Crippen LogP contribution in [0.4, 0.5) is 0 Å². The molecule has 2 unspecified atom stereocenters. The monoisotopic (exact) mass is 460 g/mol. The predicted molar refractivity (Wildman–Crippen MR) is 124 cm³/mol. The molecule has 7 nitrogen and oxygen atoms in total. The molecular weight excluding hydrogens is 428 g/mol. The van der Waals surface area contributed by atoms with Crippen LogP contribution in [0.25, 0.3) is 0 Å². The Morgan fingerprint density at radius 2 is 1.97 bits per heavy atom. The number of nitrogens with zero attached hydrogens (tertiary/aromatic N) is 2. The van der Waals surface area contributed by atoms with Gasteiger partial charge in [-0.3, -0.25) is 9.59 Å². The van der Waals surface area contributed by atoms with Gasteiger partial charge in [0.2, 0.25) is 11.8 Å².